The van der Waals surface area contributed by atoms with Crippen molar-refractivity contribution in [2.45, 2.75) is 5.92 Å². The lowest BCUT2D eigenvalue weighted by Crippen LogP contribution is -2.06. The van der Waals surface area contributed by atoms with Gasteiger partial charge >= 0.3 is 0 Å². The predicted octanol–water partition coefficient (Wildman–Crippen LogP) is 5.20. The summed E-state index contributed by atoms with van der Waals surface area (Å²) in [6.07, 6.45) is 1.66. The normalized spacial score (nSPS) is 11.9. The fraction of sp³-hybridized carbons (Fsp3) is 0.0800. The van der Waals surface area contributed by atoms with Gasteiger partial charge in [-0.05, 0) is 17.7 Å². The molecule has 5 heteroatoms. The van der Waals surface area contributed by atoms with E-state index in [1.54, 1.807) is 25.3 Å². The molecule has 3 aromatic carbocycles. The summed E-state index contributed by atoms with van der Waals surface area (Å²) in [5, 5.41) is 21.1. The molecule has 0 fully saturated rings. The minimum atomic E-state index is -0.479. The number of phenolic OH excluding ortho intramolecular Hbond substituents is 2. The second kappa shape index (κ2) is 7.79. The summed E-state index contributed by atoms with van der Waals surface area (Å²) in [6, 6.07) is 19.0. The van der Waals surface area contributed by atoms with E-state index in [4.69, 9.17) is 9.15 Å². The third kappa shape index (κ3) is 3.31. The minimum absolute atomic E-state index is 0.0165. The first-order valence-electron chi connectivity index (χ1n) is 9.38. The van der Waals surface area contributed by atoms with Gasteiger partial charge in [0.1, 0.15) is 34.0 Å². The molecule has 0 saturated carbocycles. The van der Waals surface area contributed by atoms with Gasteiger partial charge in [0.15, 0.2) is 5.43 Å². The molecule has 4 rings (SSSR count). The van der Waals surface area contributed by atoms with Crippen LogP contribution in [0.1, 0.15) is 17.0 Å². The Morgan fingerprint density at radius 3 is 2.33 bits per heavy atom. The molecule has 0 saturated heterocycles. The van der Waals surface area contributed by atoms with E-state index in [2.05, 4.69) is 6.58 Å². The molecule has 1 heterocycles. The summed E-state index contributed by atoms with van der Waals surface area (Å²) in [4.78, 5) is 12.8. The third-order valence-corrected chi connectivity index (χ3v) is 5.08. The van der Waals surface area contributed by atoms with Crippen LogP contribution in [0, 0.1) is 0 Å². The minimum Gasteiger partial charge on any atom is -0.507 e. The molecule has 0 amide bonds. The van der Waals surface area contributed by atoms with Gasteiger partial charge in [-0.3, -0.25) is 4.79 Å². The molecule has 0 spiro atoms. The van der Waals surface area contributed by atoms with E-state index in [1.807, 2.05) is 42.5 Å². The average molecular weight is 400 g/mol. The number of aromatic hydroxyl groups is 2. The molecule has 0 aliphatic heterocycles. The van der Waals surface area contributed by atoms with E-state index in [0.29, 0.717) is 22.6 Å². The van der Waals surface area contributed by atoms with Crippen molar-refractivity contribution in [1.82, 2.24) is 0 Å². The first-order chi connectivity index (χ1) is 14.5. The lowest BCUT2D eigenvalue weighted by atomic mass is 9.89. The Kier molecular flexibility index (Phi) is 5.02. The first-order valence-corrected chi connectivity index (χ1v) is 9.38. The summed E-state index contributed by atoms with van der Waals surface area (Å²) in [5.41, 5.74) is 1.62. The summed E-state index contributed by atoms with van der Waals surface area (Å²) in [5.74, 6) is 0.0375. The lowest BCUT2D eigenvalue weighted by Gasteiger charge is -2.18. The molecular weight excluding hydrogens is 380 g/mol. The van der Waals surface area contributed by atoms with Crippen LogP contribution in [0.4, 0.5) is 0 Å². The van der Waals surface area contributed by atoms with Gasteiger partial charge in [-0.2, -0.15) is 0 Å². The number of methoxy groups -OCH3 is 1. The highest BCUT2D eigenvalue weighted by atomic mass is 16.5. The van der Waals surface area contributed by atoms with Crippen LogP contribution in [-0.2, 0) is 0 Å². The quantitative estimate of drug-likeness (QED) is 0.450. The Labute approximate surface area is 173 Å². The fourth-order valence-electron chi connectivity index (χ4n) is 3.60. The number of rotatable bonds is 5. The molecule has 0 aliphatic rings. The van der Waals surface area contributed by atoms with Gasteiger partial charge in [0, 0.05) is 29.2 Å². The Hall–Kier alpha value is -3.99. The van der Waals surface area contributed by atoms with Crippen molar-refractivity contribution >= 4 is 11.0 Å². The van der Waals surface area contributed by atoms with Gasteiger partial charge < -0.3 is 19.4 Å². The third-order valence-electron chi connectivity index (χ3n) is 5.08. The van der Waals surface area contributed by atoms with E-state index in [0.717, 1.165) is 11.6 Å². The Morgan fingerprint density at radius 2 is 1.70 bits per heavy atom. The van der Waals surface area contributed by atoms with Crippen molar-refractivity contribution in [2.75, 3.05) is 7.11 Å². The molecule has 0 radical (unpaired) electrons. The van der Waals surface area contributed by atoms with Gasteiger partial charge in [0.05, 0.1) is 7.11 Å². The monoisotopic (exact) mass is 400 g/mol. The molecule has 150 valence electrons. The number of hydrogen-bond donors (Lipinski definition) is 2. The number of allylic oxidation sites excluding steroid dienone is 1. The summed E-state index contributed by atoms with van der Waals surface area (Å²) < 4.78 is 11.3. The van der Waals surface area contributed by atoms with Gasteiger partial charge in [-0.1, -0.05) is 48.5 Å². The van der Waals surface area contributed by atoms with Crippen molar-refractivity contribution in [1.29, 1.82) is 0 Å². The SMILES string of the molecule is C=CC(c1ccc(OC)cc1)c1c(O)cc(O)c2c(=O)cc(-c3ccccc3)oc12. The van der Waals surface area contributed by atoms with Crippen LogP contribution < -0.4 is 10.2 Å². The maximum Gasteiger partial charge on any atom is 0.197 e. The molecule has 4 aromatic rings. The maximum absolute atomic E-state index is 12.8. The van der Waals surface area contributed by atoms with Crippen LogP contribution in [-0.4, -0.2) is 17.3 Å². The van der Waals surface area contributed by atoms with Crippen LogP contribution in [0.2, 0.25) is 0 Å². The molecule has 30 heavy (non-hydrogen) atoms. The van der Waals surface area contributed by atoms with Crippen LogP contribution >= 0.6 is 0 Å². The molecule has 1 aromatic heterocycles. The van der Waals surface area contributed by atoms with Crippen molar-refractivity contribution in [3.63, 3.8) is 0 Å². The average Bonchev–Trinajstić information content (AvgIpc) is 2.76. The predicted molar refractivity (Wildman–Crippen MR) is 116 cm³/mol. The van der Waals surface area contributed by atoms with E-state index in [-0.39, 0.29) is 22.5 Å². The number of phenols is 2. The molecular formula is C25H20O5. The molecule has 5 nitrogen and oxygen atoms in total. The number of hydrogen-bond acceptors (Lipinski definition) is 5. The van der Waals surface area contributed by atoms with E-state index < -0.39 is 11.3 Å². The fourth-order valence-corrected chi connectivity index (χ4v) is 3.60. The summed E-state index contributed by atoms with van der Waals surface area (Å²) in [7, 11) is 1.58. The smallest absolute Gasteiger partial charge is 0.197 e. The molecule has 1 unspecified atom stereocenters. The van der Waals surface area contributed by atoms with Crippen molar-refractivity contribution in [3.05, 3.63) is 101 Å². The van der Waals surface area contributed by atoms with Crippen molar-refractivity contribution in [2.24, 2.45) is 0 Å². The van der Waals surface area contributed by atoms with Crippen molar-refractivity contribution < 1.29 is 19.4 Å². The Morgan fingerprint density at radius 1 is 1.00 bits per heavy atom. The first kappa shape index (κ1) is 19.3. The van der Waals surface area contributed by atoms with Crippen LogP contribution in [0.25, 0.3) is 22.3 Å². The number of benzene rings is 3. The highest BCUT2D eigenvalue weighted by molar-refractivity contribution is 5.90. The van der Waals surface area contributed by atoms with Crippen LogP contribution in [0.5, 0.6) is 17.2 Å². The summed E-state index contributed by atoms with van der Waals surface area (Å²) in [6.45, 7) is 3.91. The number of ether oxygens (including phenoxy) is 1. The Balaban J connectivity index is 2.01. The van der Waals surface area contributed by atoms with Gasteiger partial charge in [0.25, 0.3) is 0 Å². The second-order valence-electron chi connectivity index (χ2n) is 6.86. The van der Waals surface area contributed by atoms with Gasteiger partial charge in [-0.25, -0.2) is 0 Å². The molecule has 0 bridgehead atoms. The maximum atomic E-state index is 12.8. The zero-order valence-electron chi connectivity index (χ0n) is 16.3. The molecule has 1 atom stereocenters. The van der Waals surface area contributed by atoms with E-state index in [1.165, 1.54) is 6.07 Å². The van der Waals surface area contributed by atoms with Gasteiger partial charge in [0.2, 0.25) is 0 Å². The Bertz CT molecular complexity index is 1270. The zero-order valence-corrected chi connectivity index (χ0v) is 16.3. The molecule has 2 N–H and O–H groups in total. The van der Waals surface area contributed by atoms with Crippen molar-refractivity contribution in [3.8, 4) is 28.6 Å². The second-order valence-corrected chi connectivity index (χ2v) is 6.86. The highest BCUT2D eigenvalue weighted by Gasteiger charge is 2.24. The topological polar surface area (TPSA) is 79.9 Å². The zero-order chi connectivity index (χ0) is 21.3. The molecule has 0 aliphatic carbocycles. The van der Waals surface area contributed by atoms with Crippen LogP contribution in [0.15, 0.2) is 88.6 Å². The van der Waals surface area contributed by atoms with Gasteiger partial charge in [-0.15, -0.1) is 6.58 Å². The largest absolute Gasteiger partial charge is 0.507 e. The standard InChI is InChI=1S/C25H20O5/c1-3-18(15-9-11-17(29-2)12-10-15)23-19(26)13-20(27)24-21(28)14-22(30-25(23)24)16-7-5-4-6-8-16/h3-14,18,26-27H,1H2,2H3. The number of fused-ring (bicyclic) bond motifs is 1. The van der Waals surface area contributed by atoms with Crippen LogP contribution in [0.3, 0.4) is 0 Å². The van der Waals surface area contributed by atoms with E-state index in [9.17, 15) is 15.0 Å². The summed E-state index contributed by atoms with van der Waals surface area (Å²) >= 11 is 0. The highest BCUT2D eigenvalue weighted by Crippen LogP contribution is 2.42. The van der Waals surface area contributed by atoms with E-state index >= 15 is 0 Å². The lowest BCUT2D eigenvalue weighted by molar-refractivity contribution is 0.414.